The van der Waals surface area contributed by atoms with Gasteiger partial charge in [0.2, 0.25) is 0 Å². The van der Waals surface area contributed by atoms with Crippen molar-refractivity contribution in [3.05, 3.63) is 113 Å². The van der Waals surface area contributed by atoms with Gasteiger partial charge in [0.1, 0.15) is 0 Å². The van der Waals surface area contributed by atoms with Gasteiger partial charge < -0.3 is 24.8 Å². The Bertz CT molecular complexity index is 1270. The van der Waals surface area contributed by atoms with Gasteiger partial charge in [-0.25, -0.2) is 0 Å². The second-order valence-corrected chi connectivity index (χ2v) is 11.3. The molecule has 0 radical (unpaired) electrons. The van der Waals surface area contributed by atoms with E-state index in [4.69, 9.17) is 0 Å². The van der Waals surface area contributed by atoms with Crippen molar-refractivity contribution in [1.29, 1.82) is 0 Å². The molecule has 2 unspecified atom stereocenters. The van der Waals surface area contributed by atoms with Gasteiger partial charge in [-0.3, -0.25) is 0 Å². The Hall–Kier alpha value is -1.86. The average Bonchev–Trinajstić information content (AvgIpc) is 3.44. The number of para-hydroxylation sites is 1. The second kappa shape index (κ2) is 8.71. The third kappa shape index (κ3) is 3.46. The quantitative estimate of drug-likeness (QED) is 0.382. The van der Waals surface area contributed by atoms with Crippen molar-refractivity contribution < 1.29 is 48.0 Å². The molecule has 2 aliphatic carbocycles. The van der Waals surface area contributed by atoms with Gasteiger partial charge in [0, 0.05) is 0 Å². The van der Waals surface area contributed by atoms with E-state index >= 15 is 0 Å². The van der Waals surface area contributed by atoms with Crippen molar-refractivity contribution >= 4 is 28.8 Å². The summed E-state index contributed by atoms with van der Waals surface area (Å²) >= 11 is -0.816. The van der Waals surface area contributed by atoms with Crippen molar-refractivity contribution in [3.8, 4) is 0 Å². The molecule has 0 bridgehead atoms. The smallest absolute Gasteiger partial charge is 1.00 e. The standard InChI is InChI=1S/C17H12N.C9H7.2ClH.Zr/c1-2-7-15-12-16(11-14(15)6-1)18-10-9-13-5-3-4-8-17(13)18;1-2-5-9-7-3-6-8(9)4-1;;;/h1-12H;1-7H;2*1H;/q;;;;+2/p-2. The van der Waals surface area contributed by atoms with Crippen LogP contribution >= 0.6 is 0 Å². The number of fused-ring (bicyclic) bond motifs is 3. The van der Waals surface area contributed by atoms with Gasteiger partial charge in [-0.15, -0.1) is 0 Å². The average molecular weight is 508 g/mol. The van der Waals surface area contributed by atoms with Crippen molar-refractivity contribution in [2.45, 2.75) is 7.25 Å². The van der Waals surface area contributed by atoms with Crippen molar-refractivity contribution in [2.75, 3.05) is 0 Å². The first-order valence-corrected chi connectivity index (χ1v) is 12.6. The molecule has 0 N–H and O–H groups in total. The molecule has 0 aliphatic heterocycles. The number of nitrogens with zero attached hydrogens (tertiary/aromatic N) is 1. The summed E-state index contributed by atoms with van der Waals surface area (Å²) in [4.78, 5) is 0. The Kier molecular flexibility index (Phi) is 6.21. The van der Waals surface area contributed by atoms with Gasteiger partial charge in [0.05, 0.1) is 0 Å². The zero-order chi connectivity index (χ0) is 18.5. The normalized spacial score (nSPS) is 18.1. The summed E-state index contributed by atoms with van der Waals surface area (Å²) in [5.74, 6) is 0. The van der Waals surface area contributed by atoms with E-state index in [-0.39, 0.29) is 24.8 Å². The molecule has 0 fully saturated rings. The van der Waals surface area contributed by atoms with E-state index in [0.717, 1.165) is 0 Å². The monoisotopic (exact) mass is 505 g/mol. The number of allylic oxidation sites excluding steroid dienone is 2. The van der Waals surface area contributed by atoms with E-state index in [2.05, 4.69) is 108 Å². The molecule has 6 rings (SSSR count). The Morgan fingerprint density at radius 3 is 2.27 bits per heavy atom. The molecular formula is C26H19Cl2NZr. The van der Waals surface area contributed by atoms with Crippen LogP contribution in [0.1, 0.15) is 29.5 Å². The molecule has 0 spiro atoms. The fourth-order valence-electron chi connectivity index (χ4n) is 4.57. The zero-order valence-electron chi connectivity index (χ0n) is 16.2. The number of aromatic nitrogens is 1. The van der Waals surface area contributed by atoms with Crippen LogP contribution in [0.3, 0.4) is 0 Å². The second-order valence-electron chi connectivity index (χ2n) is 7.51. The predicted octanol–water partition coefficient (Wildman–Crippen LogP) is 0.553. The molecule has 4 heteroatoms. The van der Waals surface area contributed by atoms with Crippen LogP contribution in [0, 0.1) is 0 Å². The fourth-order valence-corrected chi connectivity index (χ4v) is 9.11. The summed E-state index contributed by atoms with van der Waals surface area (Å²) < 4.78 is 3.64. The van der Waals surface area contributed by atoms with E-state index in [1.807, 2.05) is 0 Å². The minimum atomic E-state index is -0.816. The first-order chi connectivity index (χ1) is 13.9. The van der Waals surface area contributed by atoms with Gasteiger partial charge >= 0.3 is 177 Å². The molecule has 0 saturated carbocycles. The van der Waals surface area contributed by atoms with Crippen LogP contribution in [0.25, 0.3) is 28.8 Å². The maximum absolute atomic E-state index is 2.46. The summed E-state index contributed by atoms with van der Waals surface area (Å²) in [5, 5.41) is 1.31. The summed E-state index contributed by atoms with van der Waals surface area (Å²) in [7, 11) is 0. The van der Waals surface area contributed by atoms with Gasteiger partial charge in [-0.05, 0) is 0 Å². The van der Waals surface area contributed by atoms with Gasteiger partial charge in [-0.2, -0.15) is 0 Å². The maximum Gasteiger partial charge on any atom is -1.00 e. The third-order valence-corrected chi connectivity index (χ3v) is 10.4. The third-order valence-electron chi connectivity index (χ3n) is 5.93. The molecule has 146 valence electrons. The minimum Gasteiger partial charge on any atom is -1.00 e. The van der Waals surface area contributed by atoms with E-state index in [1.165, 1.54) is 38.9 Å². The van der Waals surface area contributed by atoms with Crippen LogP contribution in [0.4, 0.5) is 0 Å². The Morgan fingerprint density at radius 2 is 1.40 bits per heavy atom. The van der Waals surface area contributed by atoms with Crippen LogP contribution in [-0.4, -0.2) is 4.57 Å². The van der Waals surface area contributed by atoms with E-state index in [9.17, 15) is 0 Å². The SMILES string of the molecule is C1=C[CH]([Zr+2][CH]2C(n3ccc4ccccc43)=Cc3ccccc32)c2ccccc21.[Cl-].[Cl-]. The Balaban J connectivity index is 0.00000109. The van der Waals surface area contributed by atoms with Crippen LogP contribution in [-0.2, 0) is 23.2 Å². The number of halogens is 2. The van der Waals surface area contributed by atoms with E-state index in [0.29, 0.717) is 7.25 Å². The zero-order valence-corrected chi connectivity index (χ0v) is 20.1. The summed E-state index contributed by atoms with van der Waals surface area (Å²) in [5.41, 5.74) is 8.66. The van der Waals surface area contributed by atoms with E-state index in [1.54, 1.807) is 0 Å². The first kappa shape index (κ1) is 21.4. The molecule has 0 amide bonds. The summed E-state index contributed by atoms with van der Waals surface area (Å²) in [6.45, 7) is 0. The summed E-state index contributed by atoms with van der Waals surface area (Å²) in [6, 6.07) is 28.9. The maximum atomic E-state index is 2.46. The van der Waals surface area contributed by atoms with Gasteiger partial charge in [0.25, 0.3) is 0 Å². The minimum absolute atomic E-state index is 0. The molecule has 2 aliphatic rings. The molecule has 1 nitrogen and oxygen atoms in total. The van der Waals surface area contributed by atoms with Gasteiger partial charge in [-0.1, -0.05) is 0 Å². The van der Waals surface area contributed by atoms with Crippen LogP contribution < -0.4 is 24.8 Å². The number of hydrogen-bond donors (Lipinski definition) is 0. The van der Waals surface area contributed by atoms with Gasteiger partial charge in [0.15, 0.2) is 0 Å². The Labute approximate surface area is 200 Å². The number of hydrogen-bond acceptors (Lipinski definition) is 0. The molecule has 0 saturated heterocycles. The van der Waals surface area contributed by atoms with Crippen LogP contribution in [0.5, 0.6) is 0 Å². The van der Waals surface area contributed by atoms with Crippen LogP contribution in [0.15, 0.2) is 91.1 Å². The number of rotatable bonds is 3. The first-order valence-electron chi connectivity index (χ1n) is 9.79. The molecule has 1 aromatic heterocycles. The van der Waals surface area contributed by atoms with Crippen molar-refractivity contribution in [3.63, 3.8) is 0 Å². The number of benzene rings is 3. The molecular weight excluding hydrogens is 488 g/mol. The predicted molar refractivity (Wildman–Crippen MR) is 114 cm³/mol. The van der Waals surface area contributed by atoms with Crippen molar-refractivity contribution in [2.24, 2.45) is 0 Å². The fraction of sp³-hybridized carbons (Fsp3) is 0.0769. The Morgan fingerprint density at radius 1 is 0.700 bits per heavy atom. The topological polar surface area (TPSA) is 4.93 Å². The largest absolute Gasteiger partial charge is 1.00 e. The molecule has 3 aromatic carbocycles. The van der Waals surface area contributed by atoms with Crippen molar-refractivity contribution in [1.82, 2.24) is 4.57 Å². The van der Waals surface area contributed by atoms with E-state index < -0.39 is 23.2 Å². The molecule has 1 heterocycles. The summed E-state index contributed by atoms with van der Waals surface area (Å²) in [6.07, 6.45) is 9.48. The van der Waals surface area contributed by atoms with Crippen LogP contribution in [0.2, 0.25) is 0 Å². The molecule has 4 aromatic rings. The molecule has 2 atom stereocenters. The molecule has 30 heavy (non-hydrogen) atoms.